The summed E-state index contributed by atoms with van der Waals surface area (Å²) in [6.45, 7) is -0.991. The molecule has 0 aromatic rings. The minimum Gasteiger partial charge on any atom is -0.547 e. The second kappa shape index (κ2) is 3.16. The van der Waals surface area contributed by atoms with E-state index in [0.717, 1.165) is 0 Å². The first kappa shape index (κ1) is 8.06. The van der Waals surface area contributed by atoms with Crippen LogP contribution >= 0.6 is 0 Å². The third-order valence-corrected chi connectivity index (χ3v) is 0.684. The Hall–Kier alpha value is -0.940. The lowest BCUT2D eigenvalue weighted by molar-refractivity contribution is -0.313. The number of hydrogen-bond acceptors (Lipinski definition) is 5. The molecule has 0 unspecified atom stereocenters. The van der Waals surface area contributed by atoms with Crippen molar-refractivity contribution in [2.45, 2.75) is 6.10 Å². The van der Waals surface area contributed by atoms with Gasteiger partial charge in [0.2, 0.25) is 0 Å². The van der Waals surface area contributed by atoms with Crippen LogP contribution in [0.1, 0.15) is 0 Å². The Kier molecular flexibility index (Phi) is 2.83. The van der Waals surface area contributed by atoms with Crippen LogP contribution in [0.4, 0.5) is 0 Å². The van der Waals surface area contributed by atoms with Crippen LogP contribution in [0.25, 0.3) is 0 Å². The van der Waals surface area contributed by atoms with Crippen molar-refractivity contribution in [2.24, 2.45) is 0 Å². The van der Waals surface area contributed by atoms with Crippen molar-refractivity contribution in [3.8, 4) is 0 Å². The molecule has 0 saturated carbocycles. The SMILES string of the molecule is O=C([O-])[C@H](O)C(=O)CO. The maximum Gasteiger partial charge on any atom is 0.192 e. The number of carbonyl (C=O) groups excluding carboxylic acids is 2. The van der Waals surface area contributed by atoms with E-state index < -0.39 is 24.5 Å². The van der Waals surface area contributed by atoms with Crippen LogP contribution in [0.15, 0.2) is 0 Å². The van der Waals surface area contributed by atoms with E-state index in [9.17, 15) is 14.7 Å². The Balaban J connectivity index is 3.88. The molecule has 0 fully saturated rings. The summed E-state index contributed by atoms with van der Waals surface area (Å²) in [5.41, 5.74) is 0. The van der Waals surface area contributed by atoms with Crippen molar-refractivity contribution in [1.29, 1.82) is 0 Å². The van der Waals surface area contributed by atoms with E-state index in [0.29, 0.717) is 0 Å². The molecule has 5 nitrogen and oxygen atoms in total. The van der Waals surface area contributed by atoms with Crippen LogP contribution in [-0.4, -0.2) is 34.7 Å². The van der Waals surface area contributed by atoms with E-state index >= 15 is 0 Å². The number of carboxylic acid groups (broad SMARTS) is 1. The van der Waals surface area contributed by atoms with Crippen LogP contribution in [0.3, 0.4) is 0 Å². The van der Waals surface area contributed by atoms with Gasteiger partial charge < -0.3 is 20.1 Å². The molecule has 0 saturated heterocycles. The first-order valence-corrected chi connectivity index (χ1v) is 2.12. The van der Waals surface area contributed by atoms with E-state index in [2.05, 4.69) is 0 Å². The van der Waals surface area contributed by atoms with Gasteiger partial charge in [-0.2, -0.15) is 0 Å². The van der Waals surface area contributed by atoms with Gasteiger partial charge in [-0.25, -0.2) is 0 Å². The zero-order valence-electron chi connectivity index (χ0n) is 4.40. The third-order valence-electron chi connectivity index (χ3n) is 0.684. The topological polar surface area (TPSA) is 97.7 Å². The molecule has 0 radical (unpaired) electrons. The molecule has 0 spiro atoms. The van der Waals surface area contributed by atoms with E-state index in [1.807, 2.05) is 0 Å². The van der Waals surface area contributed by atoms with Gasteiger partial charge in [-0.3, -0.25) is 4.79 Å². The summed E-state index contributed by atoms with van der Waals surface area (Å²) in [5, 5.41) is 25.8. The monoisotopic (exact) mass is 133 g/mol. The number of carboxylic acids is 1. The number of aliphatic carboxylic acids is 1. The molecular weight excluding hydrogens is 128 g/mol. The third kappa shape index (κ3) is 2.20. The fourth-order valence-electron chi connectivity index (χ4n) is 0.218. The van der Waals surface area contributed by atoms with Crippen LogP contribution < -0.4 is 5.11 Å². The quantitative estimate of drug-likeness (QED) is 0.392. The Bertz CT molecular complexity index is 129. The molecule has 2 N–H and O–H groups in total. The van der Waals surface area contributed by atoms with Crippen molar-refractivity contribution in [2.75, 3.05) is 6.61 Å². The van der Waals surface area contributed by atoms with Crippen LogP contribution in [0, 0.1) is 0 Å². The number of carbonyl (C=O) groups is 2. The number of rotatable bonds is 3. The summed E-state index contributed by atoms with van der Waals surface area (Å²) >= 11 is 0. The predicted octanol–water partition coefficient (Wildman–Crippen LogP) is -3.34. The zero-order valence-corrected chi connectivity index (χ0v) is 4.40. The predicted molar refractivity (Wildman–Crippen MR) is 23.1 cm³/mol. The van der Waals surface area contributed by atoms with Gasteiger partial charge in [-0.1, -0.05) is 0 Å². The van der Waals surface area contributed by atoms with Crippen LogP contribution in [0.5, 0.6) is 0 Å². The standard InChI is InChI=1S/C4H6O5/c5-1-2(6)3(7)4(8)9/h3,5,7H,1H2,(H,8,9)/p-1/t3-/m1/s1. The largest absolute Gasteiger partial charge is 0.547 e. The van der Waals surface area contributed by atoms with Crippen molar-refractivity contribution < 1.29 is 24.9 Å². The van der Waals surface area contributed by atoms with Crippen molar-refractivity contribution in [1.82, 2.24) is 0 Å². The number of aliphatic hydroxyl groups is 2. The maximum atomic E-state index is 10.0. The Morgan fingerprint density at radius 3 is 2.11 bits per heavy atom. The highest BCUT2D eigenvalue weighted by atomic mass is 16.4. The smallest absolute Gasteiger partial charge is 0.192 e. The molecule has 0 aliphatic rings. The van der Waals surface area contributed by atoms with Crippen molar-refractivity contribution in [3.63, 3.8) is 0 Å². The minimum absolute atomic E-state index is 0.991. The lowest BCUT2D eigenvalue weighted by Crippen LogP contribution is -2.42. The van der Waals surface area contributed by atoms with E-state index in [1.54, 1.807) is 0 Å². The first-order valence-electron chi connectivity index (χ1n) is 2.12. The van der Waals surface area contributed by atoms with Crippen molar-refractivity contribution in [3.05, 3.63) is 0 Å². The van der Waals surface area contributed by atoms with Gasteiger partial charge in [0.05, 0.1) is 5.97 Å². The molecule has 0 aromatic heterocycles. The highest BCUT2D eigenvalue weighted by Crippen LogP contribution is 1.80. The highest BCUT2D eigenvalue weighted by molar-refractivity contribution is 6.00. The van der Waals surface area contributed by atoms with Crippen LogP contribution in [0.2, 0.25) is 0 Å². The lowest BCUT2D eigenvalue weighted by Gasteiger charge is -2.06. The normalized spacial score (nSPS) is 12.7. The van der Waals surface area contributed by atoms with Gasteiger partial charge in [0, 0.05) is 0 Å². The van der Waals surface area contributed by atoms with Gasteiger partial charge in [0.15, 0.2) is 11.9 Å². The Morgan fingerprint density at radius 2 is 2.00 bits per heavy atom. The van der Waals surface area contributed by atoms with Gasteiger partial charge >= 0.3 is 0 Å². The number of hydrogen-bond donors (Lipinski definition) is 2. The van der Waals surface area contributed by atoms with Gasteiger partial charge in [0.1, 0.15) is 6.61 Å². The maximum absolute atomic E-state index is 10.0. The Morgan fingerprint density at radius 1 is 1.56 bits per heavy atom. The van der Waals surface area contributed by atoms with E-state index in [-0.39, 0.29) is 0 Å². The number of ketones is 1. The summed E-state index contributed by atoms with van der Waals surface area (Å²) in [7, 11) is 0. The molecule has 0 aliphatic heterocycles. The molecule has 0 aromatic carbocycles. The molecule has 5 heteroatoms. The summed E-state index contributed by atoms with van der Waals surface area (Å²) in [4.78, 5) is 19.6. The van der Waals surface area contributed by atoms with Crippen LogP contribution in [-0.2, 0) is 9.59 Å². The fraction of sp³-hybridized carbons (Fsp3) is 0.500. The molecule has 52 valence electrons. The average molecular weight is 133 g/mol. The zero-order chi connectivity index (χ0) is 7.44. The second-order valence-electron chi connectivity index (χ2n) is 1.35. The number of Topliss-reactive ketones (excluding diaryl/α,β-unsaturated/α-hetero) is 1. The number of aliphatic hydroxyl groups excluding tert-OH is 2. The molecule has 0 rings (SSSR count). The molecule has 0 aliphatic carbocycles. The first-order chi connectivity index (χ1) is 4.09. The summed E-state index contributed by atoms with van der Waals surface area (Å²) < 4.78 is 0. The lowest BCUT2D eigenvalue weighted by atomic mass is 10.2. The molecule has 0 bridgehead atoms. The summed E-state index contributed by atoms with van der Waals surface area (Å²) in [6, 6.07) is 0. The molecule has 1 atom stereocenters. The molecule has 9 heavy (non-hydrogen) atoms. The average Bonchev–Trinajstić information content (AvgIpc) is 1.84. The summed E-state index contributed by atoms with van der Waals surface area (Å²) in [6.07, 6.45) is -2.20. The van der Waals surface area contributed by atoms with E-state index in [4.69, 9.17) is 10.2 Å². The second-order valence-corrected chi connectivity index (χ2v) is 1.35. The fourth-order valence-corrected chi connectivity index (χ4v) is 0.218. The van der Waals surface area contributed by atoms with E-state index in [1.165, 1.54) is 0 Å². The van der Waals surface area contributed by atoms with Gasteiger partial charge in [0.25, 0.3) is 0 Å². The van der Waals surface area contributed by atoms with Gasteiger partial charge in [-0.05, 0) is 0 Å². The van der Waals surface area contributed by atoms with Crippen molar-refractivity contribution >= 4 is 11.8 Å². The highest BCUT2D eigenvalue weighted by Gasteiger charge is 2.13. The summed E-state index contributed by atoms with van der Waals surface area (Å²) in [5.74, 6) is -3.07. The van der Waals surface area contributed by atoms with Gasteiger partial charge in [-0.15, -0.1) is 0 Å². The Labute approximate surface area is 50.5 Å². The molecule has 0 heterocycles. The minimum atomic E-state index is -2.20. The molecular formula is C4H5O5-. The molecule has 0 amide bonds.